The molecule has 0 spiro atoms. The number of carbonyl (C=O) groups excluding carboxylic acids is 1. The maximum atomic E-state index is 12.8. The summed E-state index contributed by atoms with van der Waals surface area (Å²) in [6.07, 6.45) is 0. The number of hydrogen-bond donors (Lipinski definition) is 0. The summed E-state index contributed by atoms with van der Waals surface area (Å²) in [5.74, 6) is -0.176. The summed E-state index contributed by atoms with van der Waals surface area (Å²) in [5, 5.41) is 0.628. The summed E-state index contributed by atoms with van der Waals surface area (Å²) in [5.41, 5.74) is 2.31. The van der Waals surface area contributed by atoms with E-state index in [0.29, 0.717) is 11.7 Å². The predicted molar refractivity (Wildman–Crippen MR) is 105 cm³/mol. The first-order valence-electron chi connectivity index (χ1n) is 8.40. The normalized spacial score (nSPS) is 11.3. The minimum Gasteiger partial charge on any atom is -0.292 e. The molecule has 2 aromatic heterocycles. The van der Waals surface area contributed by atoms with Gasteiger partial charge in [0.1, 0.15) is 6.54 Å². The van der Waals surface area contributed by atoms with Gasteiger partial charge in [-0.05, 0) is 31.2 Å². The molecule has 0 aliphatic carbocycles. The van der Waals surface area contributed by atoms with E-state index >= 15 is 0 Å². The van der Waals surface area contributed by atoms with Crippen molar-refractivity contribution in [3.8, 4) is 0 Å². The van der Waals surface area contributed by atoms with Gasteiger partial charge in [-0.1, -0.05) is 35.6 Å². The third kappa shape index (κ3) is 2.61. The summed E-state index contributed by atoms with van der Waals surface area (Å²) >= 11 is 1.46. The van der Waals surface area contributed by atoms with E-state index in [1.54, 1.807) is 11.6 Å². The molecule has 4 aromatic rings. The quantitative estimate of drug-likeness (QED) is 0.558. The molecular weight excluding hydrogens is 348 g/mol. The van der Waals surface area contributed by atoms with Crippen LogP contribution in [0.15, 0.2) is 53.3 Å². The van der Waals surface area contributed by atoms with Crippen LogP contribution in [0.25, 0.3) is 21.3 Å². The number of imidazole rings is 1. The molecule has 0 radical (unpaired) electrons. The largest absolute Gasteiger partial charge is 0.329 e. The second-order valence-corrected chi connectivity index (χ2v) is 7.03. The van der Waals surface area contributed by atoms with Crippen molar-refractivity contribution in [1.29, 1.82) is 0 Å². The number of para-hydroxylation sites is 3. The molecule has 0 unspecified atom stereocenters. The minimum absolute atomic E-state index is 0.0151. The standard InChI is InChI=1S/C19H18N4O2S/c1-3-22-14-9-5-6-10-15(14)23(19(22)25)12-17(24)21(2)18-20-13-8-4-7-11-16(13)26-18/h4-11H,3,12H2,1-2H3. The van der Waals surface area contributed by atoms with Gasteiger partial charge in [-0.2, -0.15) is 0 Å². The fourth-order valence-electron chi connectivity index (χ4n) is 3.08. The number of aromatic nitrogens is 3. The van der Waals surface area contributed by atoms with Crippen LogP contribution in [0.5, 0.6) is 0 Å². The van der Waals surface area contributed by atoms with Gasteiger partial charge in [0.2, 0.25) is 5.91 Å². The molecule has 0 aliphatic heterocycles. The van der Waals surface area contributed by atoms with Crippen LogP contribution in [0, 0.1) is 0 Å². The zero-order chi connectivity index (χ0) is 18.3. The molecule has 2 aromatic carbocycles. The maximum absolute atomic E-state index is 12.8. The van der Waals surface area contributed by atoms with Gasteiger partial charge < -0.3 is 0 Å². The fourth-order valence-corrected chi connectivity index (χ4v) is 4.03. The summed E-state index contributed by atoms with van der Waals surface area (Å²) in [6.45, 7) is 2.47. The first-order chi connectivity index (χ1) is 12.6. The Morgan fingerprint density at radius 1 is 1.08 bits per heavy atom. The molecular formula is C19H18N4O2S. The minimum atomic E-state index is -0.176. The zero-order valence-electron chi connectivity index (χ0n) is 14.5. The molecule has 2 heterocycles. The Bertz CT molecular complexity index is 1140. The van der Waals surface area contributed by atoms with E-state index < -0.39 is 0 Å². The van der Waals surface area contributed by atoms with Crippen molar-refractivity contribution >= 4 is 43.6 Å². The van der Waals surface area contributed by atoms with Gasteiger partial charge in [0, 0.05) is 13.6 Å². The van der Waals surface area contributed by atoms with E-state index in [1.807, 2.05) is 55.5 Å². The molecule has 26 heavy (non-hydrogen) atoms. The molecule has 4 rings (SSSR count). The topological polar surface area (TPSA) is 60.1 Å². The summed E-state index contributed by atoms with van der Waals surface area (Å²) in [4.78, 5) is 31.5. The lowest BCUT2D eigenvalue weighted by Crippen LogP contribution is -2.34. The highest BCUT2D eigenvalue weighted by molar-refractivity contribution is 7.22. The van der Waals surface area contributed by atoms with E-state index in [-0.39, 0.29) is 18.1 Å². The van der Waals surface area contributed by atoms with Gasteiger partial charge in [0.25, 0.3) is 0 Å². The van der Waals surface area contributed by atoms with E-state index in [4.69, 9.17) is 0 Å². The highest BCUT2D eigenvalue weighted by Gasteiger charge is 2.19. The van der Waals surface area contributed by atoms with Crippen LogP contribution < -0.4 is 10.6 Å². The summed E-state index contributed by atoms with van der Waals surface area (Å²) in [6, 6.07) is 15.3. The van der Waals surface area contributed by atoms with Crippen LogP contribution in [0.1, 0.15) is 6.92 Å². The molecule has 7 heteroatoms. The molecule has 0 saturated carbocycles. The summed E-state index contributed by atoms with van der Waals surface area (Å²) < 4.78 is 4.24. The first kappa shape index (κ1) is 16.5. The number of fused-ring (bicyclic) bond motifs is 2. The van der Waals surface area contributed by atoms with Crippen molar-refractivity contribution in [2.45, 2.75) is 20.0 Å². The van der Waals surface area contributed by atoms with Crippen LogP contribution in [-0.4, -0.2) is 27.1 Å². The van der Waals surface area contributed by atoms with Crippen LogP contribution >= 0.6 is 11.3 Å². The Morgan fingerprint density at radius 3 is 2.42 bits per heavy atom. The lowest BCUT2D eigenvalue weighted by Gasteiger charge is -2.14. The van der Waals surface area contributed by atoms with Crippen molar-refractivity contribution in [2.75, 3.05) is 11.9 Å². The SMILES string of the molecule is CCn1c(=O)n(CC(=O)N(C)c2nc3ccccc3s2)c2ccccc21. The Hall–Kier alpha value is -2.93. The van der Waals surface area contributed by atoms with Gasteiger partial charge in [0.05, 0.1) is 21.3 Å². The van der Waals surface area contributed by atoms with E-state index in [0.717, 1.165) is 21.3 Å². The third-order valence-corrected chi connectivity index (χ3v) is 5.59. The van der Waals surface area contributed by atoms with Crippen molar-refractivity contribution in [3.63, 3.8) is 0 Å². The molecule has 0 aliphatic rings. The number of rotatable bonds is 4. The van der Waals surface area contributed by atoms with Crippen LogP contribution in [0.3, 0.4) is 0 Å². The molecule has 0 saturated heterocycles. The van der Waals surface area contributed by atoms with Gasteiger partial charge in [-0.15, -0.1) is 0 Å². The number of nitrogens with zero attached hydrogens (tertiary/aromatic N) is 4. The Labute approximate surface area is 153 Å². The molecule has 132 valence electrons. The van der Waals surface area contributed by atoms with Crippen LogP contribution in [0.4, 0.5) is 5.13 Å². The monoisotopic (exact) mass is 366 g/mol. The van der Waals surface area contributed by atoms with Crippen molar-refractivity contribution in [1.82, 2.24) is 14.1 Å². The maximum Gasteiger partial charge on any atom is 0.329 e. The lowest BCUT2D eigenvalue weighted by atomic mass is 10.3. The molecule has 0 fully saturated rings. The number of anilines is 1. The number of benzene rings is 2. The summed E-state index contributed by atoms with van der Waals surface area (Å²) in [7, 11) is 1.70. The molecule has 0 bridgehead atoms. The fraction of sp³-hybridized carbons (Fsp3) is 0.211. The molecule has 1 amide bonds. The average Bonchev–Trinajstić information content (AvgIpc) is 3.20. The van der Waals surface area contributed by atoms with E-state index in [1.165, 1.54) is 20.8 Å². The molecule has 0 N–H and O–H groups in total. The van der Waals surface area contributed by atoms with Crippen LogP contribution in [0.2, 0.25) is 0 Å². The number of aryl methyl sites for hydroxylation is 1. The van der Waals surface area contributed by atoms with Crippen molar-refractivity contribution in [3.05, 3.63) is 59.0 Å². The Morgan fingerprint density at radius 2 is 1.73 bits per heavy atom. The highest BCUT2D eigenvalue weighted by Crippen LogP contribution is 2.28. The van der Waals surface area contributed by atoms with Gasteiger partial charge in [-0.25, -0.2) is 9.78 Å². The Kier molecular flexibility index (Phi) is 4.08. The molecule has 6 nitrogen and oxygen atoms in total. The second kappa shape index (κ2) is 6.42. The number of thiazole rings is 1. The average molecular weight is 366 g/mol. The second-order valence-electron chi connectivity index (χ2n) is 6.02. The number of likely N-dealkylation sites (N-methyl/N-ethyl adjacent to an activating group) is 1. The zero-order valence-corrected chi connectivity index (χ0v) is 15.4. The number of carbonyl (C=O) groups is 1. The Balaban J connectivity index is 1.69. The highest BCUT2D eigenvalue weighted by atomic mass is 32.1. The van der Waals surface area contributed by atoms with Crippen LogP contribution in [-0.2, 0) is 17.9 Å². The van der Waals surface area contributed by atoms with E-state index in [9.17, 15) is 9.59 Å². The van der Waals surface area contributed by atoms with E-state index in [2.05, 4.69) is 4.98 Å². The first-order valence-corrected chi connectivity index (χ1v) is 9.22. The van der Waals surface area contributed by atoms with Gasteiger partial charge in [0.15, 0.2) is 5.13 Å². The third-order valence-electron chi connectivity index (χ3n) is 4.48. The predicted octanol–water partition coefficient (Wildman–Crippen LogP) is 3.10. The van der Waals surface area contributed by atoms with Gasteiger partial charge >= 0.3 is 5.69 Å². The van der Waals surface area contributed by atoms with Crippen molar-refractivity contribution in [2.24, 2.45) is 0 Å². The van der Waals surface area contributed by atoms with Gasteiger partial charge in [-0.3, -0.25) is 18.8 Å². The lowest BCUT2D eigenvalue weighted by molar-refractivity contribution is -0.118. The molecule has 0 atom stereocenters. The number of amides is 1. The number of hydrogen-bond acceptors (Lipinski definition) is 4. The smallest absolute Gasteiger partial charge is 0.292 e. The van der Waals surface area contributed by atoms with Crippen molar-refractivity contribution < 1.29 is 4.79 Å².